The summed E-state index contributed by atoms with van der Waals surface area (Å²) < 4.78 is 0. The summed E-state index contributed by atoms with van der Waals surface area (Å²) in [5, 5.41) is 11.8. The summed E-state index contributed by atoms with van der Waals surface area (Å²) in [5.74, 6) is -1.65. The maximum Gasteiger partial charge on any atom is 0.326 e. The lowest BCUT2D eigenvalue weighted by atomic mass is 10.1. The molecule has 0 saturated carbocycles. The highest BCUT2D eigenvalue weighted by atomic mass is 35.5. The zero-order valence-electron chi connectivity index (χ0n) is 9.74. The lowest BCUT2D eigenvalue weighted by Crippen LogP contribution is -2.40. The van der Waals surface area contributed by atoms with Crippen LogP contribution in [0.3, 0.4) is 0 Å². The number of carboxylic acids is 1. The van der Waals surface area contributed by atoms with Gasteiger partial charge in [0.15, 0.2) is 0 Å². The van der Waals surface area contributed by atoms with Crippen LogP contribution in [-0.2, 0) is 4.79 Å². The highest BCUT2D eigenvalue weighted by molar-refractivity contribution is 6.39. The van der Waals surface area contributed by atoms with Gasteiger partial charge in [-0.05, 0) is 18.6 Å². The number of carbonyl (C=O) groups is 2. The van der Waals surface area contributed by atoms with Crippen LogP contribution in [0.4, 0.5) is 0 Å². The lowest BCUT2D eigenvalue weighted by Gasteiger charge is -2.14. The Hall–Kier alpha value is -1.26. The molecule has 1 amide bonds. The Labute approximate surface area is 115 Å². The minimum Gasteiger partial charge on any atom is -0.480 e. The van der Waals surface area contributed by atoms with Gasteiger partial charge in [-0.1, -0.05) is 42.6 Å². The minimum absolute atomic E-state index is 0.100. The molecule has 1 aromatic rings. The number of aliphatic carboxylic acids is 1. The van der Waals surface area contributed by atoms with E-state index in [1.807, 2.05) is 6.92 Å². The average molecular weight is 290 g/mol. The molecule has 1 rings (SSSR count). The summed E-state index contributed by atoms with van der Waals surface area (Å²) in [5.41, 5.74) is 0.100. The third kappa shape index (κ3) is 3.62. The van der Waals surface area contributed by atoms with Crippen molar-refractivity contribution in [1.29, 1.82) is 0 Å². The van der Waals surface area contributed by atoms with Crippen LogP contribution in [0.15, 0.2) is 18.2 Å². The van der Waals surface area contributed by atoms with Crippen LogP contribution in [0.1, 0.15) is 30.1 Å². The van der Waals surface area contributed by atoms with Gasteiger partial charge in [-0.15, -0.1) is 0 Å². The van der Waals surface area contributed by atoms with Crippen LogP contribution in [0, 0.1) is 0 Å². The Morgan fingerprint density at radius 1 is 1.33 bits per heavy atom. The highest BCUT2D eigenvalue weighted by Crippen LogP contribution is 2.24. The van der Waals surface area contributed by atoms with E-state index in [1.54, 1.807) is 6.07 Å². The minimum atomic E-state index is -1.08. The molecule has 4 nitrogen and oxygen atoms in total. The Balaban J connectivity index is 2.90. The number of rotatable bonds is 5. The molecular formula is C12H13Cl2NO3. The Morgan fingerprint density at radius 3 is 2.33 bits per heavy atom. The molecule has 0 heterocycles. The van der Waals surface area contributed by atoms with E-state index in [0.29, 0.717) is 12.8 Å². The molecule has 1 atom stereocenters. The maximum atomic E-state index is 11.9. The number of hydrogen-bond acceptors (Lipinski definition) is 2. The summed E-state index contributed by atoms with van der Waals surface area (Å²) in [6, 6.07) is 3.73. The van der Waals surface area contributed by atoms with Gasteiger partial charge in [-0.2, -0.15) is 0 Å². The molecule has 18 heavy (non-hydrogen) atoms. The van der Waals surface area contributed by atoms with Gasteiger partial charge in [0.25, 0.3) is 5.91 Å². The SMILES string of the molecule is CCC[C@@H](NC(=O)c1c(Cl)cccc1Cl)C(=O)O. The van der Waals surface area contributed by atoms with Crippen LogP contribution in [0.2, 0.25) is 10.0 Å². The molecule has 1 aromatic carbocycles. The van der Waals surface area contributed by atoms with Gasteiger partial charge in [-0.3, -0.25) is 4.79 Å². The predicted octanol–water partition coefficient (Wildman–Crippen LogP) is 2.98. The topological polar surface area (TPSA) is 66.4 Å². The van der Waals surface area contributed by atoms with Crippen molar-refractivity contribution in [3.63, 3.8) is 0 Å². The normalized spacial score (nSPS) is 11.9. The van der Waals surface area contributed by atoms with Gasteiger partial charge in [0.1, 0.15) is 6.04 Å². The fourth-order valence-electron chi connectivity index (χ4n) is 1.49. The van der Waals surface area contributed by atoms with Crippen molar-refractivity contribution in [2.75, 3.05) is 0 Å². The maximum absolute atomic E-state index is 11.9. The second kappa shape index (κ2) is 6.61. The fraction of sp³-hybridized carbons (Fsp3) is 0.333. The fourth-order valence-corrected chi connectivity index (χ4v) is 2.06. The van der Waals surface area contributed by atoms with Crippen molar-refractivity contribution in [2.45, 2.75) is 25.8 Å². The van der Waals surface area contributed by atoms with Crippen molar-refractivity contribution in [2.24, 2.45) is 0 Å². The Kier molecular flexibility index (Phi) is 5.44. The van der Waals surface area contributed by atoms with Gasteiger partial charge in [-0.25, -0.2) is 4.79 Å². The molecule has 0 radical (unpaired) electrons. The van der Waals surface area contributed by atoms with Crippen LogP contribution in [0.5, 0.6) is 0 Å². The van der Waals surface area contributed by atoms with Gasteiger partial charge in [0.05, 0.1) is 15.6 Å². The van der Waals surface area contributed by atoms with E-state index in [1.165, 1.54) is 12.1 Å². The first-order chi connectivity index (χ1) is 8.47. The molecule has 0 unspecified atom stereocenters. The molecule has 0 aliphatic rings. The largest absolute Gasteiger partial charge is 0.480 e. The van der Waals surface area contributed by atoms with Crippen LogP contribution >= 0.6 is 23.2 Å². The molecule has 0 bridgehead atoms. The van der Waals surface area contributed by atoms with Gasteiger partial charge in [0, 0.05) is 0 Å². The van der Waals surface area contributed by atoms with E-state index in [4.69, 9.17) is 28.3 Å². The summed E-state index contributed by atoms with van der Waals surface area (Å²) in [7, 11) is 0. The number of benzene rings is 1. The molecular weight excluding hydrogens is 277 g/mol. The highest BCUT2D eigenvalue weighted by Gasteiger charge is 2.22. The number of hydrogen-bond donors (Lipinski definition) is 2. The Bertz CT molecular complexity index is 442. The summed E-state index contributed by atoms with van der Waals surface area (Å²) in [4.78, 5) is 22.9. The van der Waals surface area contributed by atoms with Crippen LogP contribution < -0.4 is 5.32 Å². The molecule has 6 heteroatoms. The first kappa shape index (κ1) is 14.8. The number of halogens is 2. The standard InChI is InChI=1S/C12H13Cl2NO3/c1-2-4-9(12(17)18)15-11(16)10-7(13)5-3-6-8(10)14/h3,5-6,9H,2,4H2,1H3,(H,15,16)(H,17,18)/t9-/m1/s1. The van der Waals surface area contributed by atoms with E-state index in [-0.39, 0.29) is 15.6 Å². The molecule has 0 aromatic heterocycles. The molecule has 0 fully saturated rings. The molecule has 98 valence electrons. The average Bonchev–Trinajstić information content (AvgIpc) is 2.28. The second-order valence-corrected chi connectivity index (χ2v) is 4.56. The summed E-state index contributed by atoms with van der Waals surface area (Å²) in [6.07, 6.45) is 0.997. The second-order valence-electron chi connectivity index (χ2n) is 3.75. The van der Waals surface area contributed by atoms with Crippen LogP contribution in [-0.4, -0.2) is 23.0 Å². The lowest BCUT2D eigenvalue weighted by molar-refractivity contribution is -0.139. The summed E-state index contributed by atoms with van der Waals surface area (Å²) >= 11 is 11.7. The first-order valence-corrected chi connectivity index (χ1v) is 6.20. The summed E-state index contributed by atoms with van der Waals surface area (Å²) in [6.45, 7) is 1.84. The third-order valence-electron chi connectivity index (χ3n) is 2.37. The van der Waals surface area contributed by atoms with E-state index >= 15 is 0 Å². The van der Waals surface area contributed by atoms with Crippen LogP contribution in [0.25, 0.3) is 0 Å². The molecule has 0 aliphatic carbocycles. The first-order valence-electron chi connectivity index (χ1n) is 5.45. The number of nitrogens with one attached hydrogen (secondary N) is 1. The van der Waals surface area contributed by atoms with Crippen molar-refractivity contribution in [3.8, 4) is 0 Å². The van der Waals surface area contributed by atoms with Crippen molar-refractivity contribution in [1.82, 2.24) is 5.32 Å². The van der Waals surface area contributed by atoms with Gasteiger partial charge >= 0.3 is 5.97 Å². The van der Waals surface area contributed by atoms with Gasteiger partial charge < -0.3 is 10.4 Å². The van der Waals surface area contributed by atoms with Crippen molar-refractivity contribution >= 4 is 35.1 Å². The smallest absolute Gasteiger partial charge is 0.326 e. The number of amides is 1. The molecule has 0 saturated heterocycles. The molecule has 2 N–H and O–H groups in total. The van der Waals surface area contributed by atoms with Crippen molar-refractivity contribution < 1.29 is 14.7 Å². The quantitative estimate of drug-likeness (QED) is 0.876. The van der Waals surface area contributed by atoms with E-state index in [2.05, 4.69) is 5.32 Å². The van der Waals surface area contributed by atoms with Crippen molar-refractivity contribution in [3.05, 3.63) is 33.8 Å². The zero-order chi connectivity index (χ0) is 13.7. The zero-order valence-corrected chi connectivity index (χ0v) is 11.3. The van der Waals surface area contributed by atoms with Gasteiger partial charge in [0.2, 0.25) is 0 Å². The number of carboxylic acid groups (broad SMARTS) is 1. The van der Waals surface area contributed by atoms with E-state index in [0.717, 1.165) is 0 Å². The predicted molar refractivity (Wildman–Crippen MR) is 70.3 cm³/mol. The third-order valence-corrected chi connectivity index (χ3v) is 3.00. The Morgan fingerprint density at radius 2 is 1.89 bits per heavy atom. The monoisotopic (exact) mass is 289 g/mol. The molecule has 0 aliphatic heterocycles. The van der Waals surface area contributed by atoms with E-state index < -0.39 is 17.9 Å². The number of carbonyl (C=O) groups excluding carboxylic acids is 1. The van der Waals surface area contributed by atoms with E-state index in [9.17, 15) is 9.59 Å². The molecule has 0 spiro atoms.